The molecule has 0 aliphatic carbocycles. The Morgan fingerprint density at radius 1 is 0.925 bits per heavy atom. The fourth-order valence-corrected chi connectivity index (χ4v) is 9.27. The van der Waals surface area contributed by atoms with Crippen LogP contribution in [0.4, 0.5) is 0 Å². The van der Waals surface area contributed by atoms with E-state index < -0.39 is 114 Å². The Hall–Kier alpha value is -4.77. The number of nitrogens with zero attached hydrogens (tertiary/aromatic N) is 4. The van der Waals surface area contributed by atoms with E-state index in [1.165, 1.54) is 14.0 Å². The number of fused-ring (bicyclic) bond motifs is 2. The second-order valence-electron chi connectivity index (χ2n) is 19.1. The van der Waals surface area contributed by atoms with Crippen molar-refractivity contribution in [3.63, 3.8) is 0 Å². The van der Waals surface area contributed by atoms with Gasteiger partial charge in [-0.3, -0.25) is 44.0 Å². The highest BCUT2D eigenvalue weighted by Crippen LogP contribution is 2.41. The van der Waals surface area contributed by atoms with Crippen LogP contribution < -0.4 is 21.5 Å². The van der Waals surface area contributed by atoms with Gasteiger partial charge in [-0.1, -0.05) is 64.4 Å². The number of likely N-dealkylation sites (N-methyl/N-ethyl adjacent to an activating group) is 1. The minimum Gasteiger partial charge on any atom is -0.458 e. The van der Waals surface area contributed by atoms with E-state index in [-0.39, 0.29) is 49.8 Å². The van der Waals surface area contributed by atoms with Crippen molar-refractivity contribution < 1.29 is 63.6 Å². The first kappa shape index (κ1) is 53.2. The molecular formula is C46H72N8O13. The molecule has 1 aromatic rings. The van der Waals surface area contributed by atoms with Gasteiger partial charge in [-0.15, -0.1) is 0 Å². The Morgan fingerprint density at radius 3 is 2.12 bits per heavy atom. The third-order valence-electron chi connectivity index (χ3n) is 14.0. The Kier molecular flexibility index (Phi) is 17.9. The SMILES string of the molecule is CC[C@@H](C)C[C@@H]1CC[C@@](O)([C@@](C)(O)C(=O)N[C@H]2C(=O)N3NCCC[C@H]3C(=O)N(O)[C@H](C)C(=O)N(C)[C@H](Cc3ccccc3)C(=O)N3NCCC[C@H]3C(=O)N[C@@H](CO)C(=O)O[C@H]2C(C)C)O[C@H]1C. The Morgan fingerprint density at radius 2 is 1.54 bits per heavy atom. The van der Waals surface area contributed by atoms with Gasteiger partial charge in [-0.2, -0.15) is 0 Å². The standard InChI is InChI=1S/C46H72N8O13/c1-9-27(4)23-31-19-20-46(64,67-29(31)6)45(7,63)44(62)50-36-37(26(2)3)66-43(61)32(25-55)49-38(56)33-17-13-21-47-52(33)40(58)35(24-30-15-11-10-12-16-30)51(8)39(57)28(5)54(65)41(59)34-18-14-22-48-53(34)42(36)60/h10-12,15-16,26-29,31-37,47-48,55,63-65H,9,13-14,17-25H2,1-8H3,(H,49,56)(H,50,62)/t27-,28-,29+,31+,32+,33+,34+,35-,36-,37+,45+,46+/m1/s1. The maximum atomic E-state index is 15.0. The number of hydrogen-bond acceptors (Lipinski definition) is 15. The van der Waals surface area contributed by atoms with Crippen molar-refractivity contribution in [3.8, 4) is 0 Å². The fraction of sp³-hybridized carbons (Fsp3) is 0.717. The van der Waals surface area contributed by atoms with Crippen molar-refractivity contribution >= 4 is 41.4 Å². The average molecular weight is 945 g/mol. The van der Waals surface area contributed by atoms with Crippen molar-refractivity contribution in [1.82, 2.24) is 41.5 Å². The molecule has 4 fully saturated rings. The van der Waals surface area contributed by atoms with Crippen LogP contribution >= 0.6 is 0 Å². The first-order chi connectivity index (χ1) is 31.6. The summed E-state index contributed by atoms with van der Waals surface area (Å²) in [7, 11) is 1.33. The molecule has 67 heavy (non-hydrogen) atoms. The van der Waals surface area contributed by atoms with E-state index in [2.05, 4.69) is 35.3 Å². The highest BCUT2D eigenvalue weighted by Gasteiger charge is 2.57. The van der Waals surface area contributed by atoms with E-state index >= 15 is 4.79 Å². The van der Waals surface area contributed by atoms with E-state index in [1.807, 2.05) is 0 Å². The fourth-order valence-electron chi connectivity index (χ4n) is 9.27. The zero-order valence-corrected chi connectivity index (χ0v) is 40.0. The molecule has 8 N–H and O–H groups in total. The molecule has 4 heterocycles. The molecule has 4 saturated heterocycles. The number of rotatable bonds is 10. The van der Waals surface area contributed by atoms with Crippen molar-refractivity contribution in [2.45, 2.75) is 166 Å². The lowest BCUT2D eigenvalue weighted by atomic mass is 9.79. The normalized spacial score (nSPS) is 32.5. The van der Waals surface area contributed by atoms with Crippen LogP contribution in [0.25, 0.3) is 0 Å². The molecule has 4 aliphatic heterocycles. The van der Waals surface area contributed by atoms with Crippen LogP contribution in [0.5, 0.6) is 0 Å². The number of carbonyl (C=O) groups is 7. The minimum atomic E-state index is -2.72. The average Bonchev–Trinajstić information content (AvgIpc) is 3.32. The summed E-state index contributed by atoms with van der Waals surface area (Å²) in [6, 6.07) is -0.638. The molecule has 0 saturated carbocycles. The van der Waals surface area contributed by atoms with Crippen molar-refractivity contribution in [2.24, 2.45) is 17.8 Å². The number of ether oxygens (including phenoxy) is 2. The van der Waals surface area contributed by atoms with Gasteiger partial charge in [0.15, 0.2) is 11.6 Å². The van der Waals surface area contributed by atoms with Crippen molar-refractivity contribution in [3.05, 3.63) is 35.9 Å². The number of esters is 1. The van der Waals surface area contributed by atoms with Gasteiger partial charge in [0.05, 0.1) is 12.7 Å². The van der Waals surface area contributed by atoms with Crippen LogP contribution in [0.1, 0.15) is 105 Å². The molecule has 12 atom stereocenters. The lowest BCUT2D eigenvalue weighted by Gasteiger charge is -2.47. The number of benzene rings is 1. The topological polar surface area (TPSA) is 280 Å². The highest BCUT2D eigenvalue weighted by atomic mass is 16.6. The number of aliphatic hydroxyl groups is 3. The highest BCUT2D eigenvalue weighted by molar-refractivity contribution is 5.97. The van der Waals surface area contributed by atoms with Gasteiger partial charge in [-0.25, -0.2) is 20.7 Å². The maximum absolute atomic E-state index is 15.0. The quantitative estimate of drug-likeness (QED) is 0.112. The van der Waals surface area contributed by atoms with Gasteiger partial charge >= 0.3 is 5.97 Å². The van der Waals surface area contributed by atoms with Gasteiger partial charge in [0, 0.05) is 33.0 Å². The Labute approximate surface area is 392 Å². The molecule has 21 heteroatoms. The van der Waals surface area contributed by atoms with Crippen LogP contribution in [0.3, 0.4) is 0 Å². The van der Waals surface area contributed by atoms with E-state index in [4.69, 9.17) is 9.47 Å². The predicted octanol–water partition coefficient (Wildman–Crippen LogP) is -0.112. The summed E-state index contributed by atoms with van der Waals surface area (Å²) < 4.78 is 11.9. The number of carbonyl (C=O) groups excluding carboxylic acids is 7. The minimum absolute atomic E-state index is 0.0179. The number of nitrogens with one attached hydrogen (secondary N) is 4. The summed E-state index contributed by atoms with van der Waals surface area (Å²) in [6.45, 7) is 10.7. The number of cyclic esters (lactones) is 1. The van der Waals surface area contributed by atoms with Crippen LogP contribution in [-0.2, 0) is 49.5 Å². The molecule has 0 aromatic heterocycles. The third kappa shape index (κ3) is 11.7. The van der Waals surface area contributed by atoms with Gasteiger partial charge in [0.2, 0.25) is 17.6 Å². The monoisotopic (exact) mass is 945 g/mol. The molecule has 6 amide bonds. The summed E-state index contributed by atoms with van der Waals surface area (Å²) in [5.74, 6) is -10.0. The third-order valence-corrected chi connectivity index (χ3v) is 14.0. The van der Waals surface area contributed by atoms with E-state index in [1.54, 1.807) is 51.1 Å². The molecule has 0 unspecified atom stereocenters. The summed E-state index contributed by atoms with van der Waals surface area (Å²) in [5, 5.41) is 52.9. The molecule has 374 valence electrons. The molecule has 0 spiro atoms. The largest absolute Gasteiger partial charge is 0.458 e. The first-order valence-corrected chi connectivity index (χ1v) is 23.6. The Balaban J connectivity index is 1.57. The summed E-state index contributed by atoms with van der Waals surface area (Å²) in [5.41, 5.74) is 3.71. The van der Waals surface area contributed by atoms with Crippen molar-refractivity contribution in [2.75, 3.05) is 26.7 Å². The van der Waals surface area contributed by atoms with Crippen LogP contribution in [0, 0.1) is 17.8 Å². The number of amides is 6. The summed E-state index contributed by atoms with van der Waals surface area (Å²) >= 11 is 0. The number of hydrogen-bond donors (Lipinski definition) is 8. The Bertz CT molecular complexity index is 1940. The van der Waals surface area contributed by atoms with Gasteiger partial charge in [0.1, 0.15) is 36.3 Å². The zero-order chi connectivity index (χ0) is 49.5. The predicted molar refractivity (Wildman–Crippen MR) is 239 cm³/mol. The molecule has 4 aliphatic rings. The molecule has 1 aromatic carbocycles. The maximum Gasteiger partial charge on any atom is 0.331 e. The molecular weight excluding hydrogens is 873 g/mol. The smallest absolute Gasteiger partial charge is 0.331 e. The second-order valence-corrected chi connectivity index (χ2v) is 19.1. The zero-order valence-electron chi connectivity index (χ0n) is 40.0. The molecule has 0 radical (unpaired) electrons. The van der Waals surface area contributed by atoms with Gasteiger partial charge in [0.25, 0.3) is 23.6 Å². The molecule has 0 bridgehead atoms. The second kappa shape index (κ2) is 22.6. The summed E-state index contributed by atoms with van der Waals surface area (Å²) in [4.78, 5) is 102. The molecule has 21 nitrogen and oxygen atoms in total. The van der Waals surface area contributed by atoms with E-state index in [9.17, 15) is 49.3 Å². The number of hydrazine groups is 2. The van der Waals surface area contributed by atoms with Gasteiger partial charge in [-0.05, 0) is 82.6 Å². The number of hydroxylamine groups is 2. The lowest BCUT2D eigenvalue weighted by Crippen LogP contribution is -2.70. The van der Waals surface area contributed by atoms with Crippen LogP contribution in [-0.4, -0.2) is 169 Å². The van der Waals surface area contributed by atoms with E-state index in [0.717, 1.165) is 34.7 Å². The van der Waals surface area contributed by atoms with Gasteiger partial charge < -0.3 is 40.3 Å². The molecule has 5 rings (SSSR count). The van der Waals surface area contributed by atoms with Crippen LogP contribution in [0.2, 0.25) is 0 Å². The summed E-state index contributed by atoms with van der Waals surface area (Å²) in [6.07, 6.45) is 0.495. The lowest BCUT2D eigenvalue weighted by molar-refractivity contribution is -0.326. The van der Waals surface area contributed by atoms with E-state index in [0.29, 0.717) is 30.7 Å². The van der Waals surface area contributed by atoms with Crippen LogP contribution in [0.15, 0.2) is 30.3 Å². The number of aliphatic hydroxyl groups excluding tert-OH is 1. The van der Waals surface area contributed by atoms with Crippen molar-refractivity contribution in [1.29, 1.82) is 0 Å². The first-order valence-electron chi connectivity index (χ1n) is 23.6.